The number of ether oxygens (including phenoxy) is 1. The molecule has 0 radical (unpaired) electrons. The monoisotopic (exact) mass is 423 g/mol. The van der Waals surface area contributed by atoms with E-state index in [9.17, 15) is 9.59 Å². The van der Waals surface area contributed by atoms with Crippen LogP contribution in [0, 0.1) is 11.8 Å². The van der Waals surface area contributed by atoms with E-state index < -0.39 is 0 Å². The highest BCUT2D eigenvalue weighted by molar-refractivity contribution is 5.96. The Kier molecular flexibility index (Phi) is 7.93. The SMILES string of the molecule is CC(C)COc1ccccc1NCC(=O)Nc1ccc(C(=O)N2CCC(C)CC2)cc1. The lowest BCUT2D eigenvalue weighted by Crippen LogP contribution is -2.37. The molecule has 0 aromatic heterocycles. The van der Waals surface area contributed by atoms with Crippen molar-refractivity contribution in [3.05, 3.63) is 54.1 Å². The molecule has 0 spiro atoms. The number of amides is 2. The van der Waals surface area contributed by atoms with Crippen LogP contribution in [0.2, 0.25) is 0 Å². The zero-order chi connectivity index (χ0) is 22.2. The second-order valence-corrected chi connectivity index (χ2v) is 8.65. The van der Waals surface area contributed by atoms with Crippen molar-refractivity contribution in [1.29, 1.82) is 0 Å². The molecule has 3 rings (SSSR count). The van der Waals surface area contributed by atoms with E-state index in [1.165, 1.54) is 0 Å². The van der Waals surface area contributed by atoms with Crippen LogP contribution in [0.1, 0.15) is 44.0 Å². The Morgan fingerprint density at radius 3 is 2.42 bits per heavy atom. The second-order valence-electron chi connectivity index (χ2n) is 8.65. The predicted molar refractivity (Wildman–Crippen MR) is 125 cm³/mol. The first-order valence-electron chi connectivity index (χ1n) is 11.1. The summed E-state index contributed by atoms with van der Waals surface area (Å²) < 4.78 is 5.81. The maximum Gasteiger partial charge on any atom is 0.253 e. The lowest BCUT2D eigenvalue weighted by Gasteiger charge is -2.30. The van der Waals surface area contributed by atoms with E-state index in [4.69, 9.17) is 4.74 Å². The average molecular weight is 424 g/mol. The van der Waals surface area contributed by atoms with Crippen LogP contribution >= 0.6 is 0 Å². The van der Waals surface area contributed by atoms with Crippen LogP contribution in [0.25, 0.3) is 0 Å². The average Bonchev–Trinajstić information content (AvgIpc) is 2.77. The van der Waals surface area contributed by atoms with Crippen LogP contribution in [-0.2, 0) is 4.79 Å². The van der Waals surface area contributed by atoms with Crippen molar-refractivity contribution in [2.75, 3.05) is 36.9 Å². The van der Waals surface area contributed by atoms with Gasteiger partial charge >= 0.3 is 0 Å². The van der Waals surface area contributed by atoms with Crippen LogP contribution in [0.4, 0.5) is 11.4 Å². The molecule has 166 valence electrons. The van der Waals surface area contributed by atoms with Gasteiger partial charge < -0.3 is 20.3 Å². The summed E-state index contributed by atoms with van der Waals surface area (Å²) >= 11 is 0. The largest absolute Gasteiger partial charge is 0.491 e. The minimum absolute atomic E-state index is 0.0597. The Labute approximate surface area is 185 Å². The second kappa shape index (κ2) is 10.8. The number of piperidine rings is 1. The molecule has 2 aromatic rings. The number of rotatable bonds is 8. The molecule has 2 N–H and O–H groups in total. The number of carbonyl (C=O) groups is 2. The minimum Gasteiger partial charge on any atom is -0.491 e. The molecule has 1 fully saturated rings. The maximum absolute atomic E-state index is 12.6. The highest BCUT2D eigenvalue weighted by atomic mass is 16.5. The molecule has 2 aromatic carbocycles. The molecule has 31 heavy (non-hydrogen) atoms. The molecule has 0 aliphatic carbocycles. The summed E-state index contributed by atoms with van der Waals surface area (Å²) in [4.78, 5) is 26.9. The van der Waals surface area contributed by atoms with E-state index in [-0.39, 0.29) is 18.4 Å². The van der Waals surface area contributed by atoms with Crippen LogP contribution in [0.15, 0.2) is 48.5 Å². The topological polar surface area (TPSA) is 70.7 Å². The van der Waals surface area contributed by atoms with E-state index in [1.807, 2.05) is 29.2 Å². The first kappa shape index (κ1) is 22.7. The standard InChI is InChI=1S/C25H33N3O3/c1-18(2)17-31-23-7-5-4-6-22(23)26-16-24(29)27-21-10-8-20(9-11-21)25(30)28-14-12-19(3)13-15-28/h4-11,18-19,26H,12-17H2,1-3H3,(H,27,29). The van der Waals surface area contributed by atoms with Crippen molar-refractivity contribution in [2.45, 2.75) is 33.6 Å². The number of hydrogen-bond acceptors (Lipinski definition) is 4. The van der Waals surface area contributed by atoms with E-state index in [0.29, 0.717) is 29.7 Å². The molecule has 1 heterocycles. The van der Waals surface area contributed by atoms with Gasteiger partial charge in [0.25, 0.3) is 5.91 Å². The summed E-state index contributed by atoms with van der Waals surface area (Å²) in [7, 11) is 0. The van der Waals surface area contributed by atoms with Crippen molar-refractivity contribution >= 4 is 23.2 Å². The van der Waals surface area contributed by atoms with Crippen molar-refractivity contribution in [3.63, 3.8) is 0 Å². The van der Waals surface area contributed by atoms with Crippen LogP contribution in [0.5, 0.6) is 5.75 Å². The lowest BCUT2D eigenvalue weighted by molar-refractivity contribution is -0.114. The minimum atomic E-state index is -0.164. The van der Waals surface area contributed by atoms with Crippen molar-refractivity contribution in [3.8, 4) is 5.75 Å². The van der Waals surface area contributed by atoms with Crippen LogP contribution in [0.3, 0.4) is 0 Å². The zero-order valence-electron chi connectivity index (χ0n) is 18.7. The summed E-state index contributed by atoms with van der Waals surface area (Å²) in [5.74, 6) is 1.74. The van der Waals surface area contributed by atoms with Gasteiger partial charge in [-0.3, -0.25) is 9.59 Å². The molecule has 1 aliphatic rings. The lowest BCUT2D eigenvalue weighted by atomic mass is 9.98. The molecular weight excluding hydrogens is 390 g/mol. The van der Waals surface area contributed by atoms with Gasteiger partial charge in [0.2, 0.25) is 5.91 Å². The summed E-state index contributed by atoms with van der Waals surface area (Å²) in [6.45, 7) is 8.77. The summed E-state index contributed by atoms with van der Waals surface area (Å²) in [5.41, 5.74) is 2.11. The number of carbonyl (C=O) groups excluding carboxylic acids is 2. The molecule has 6 nitrogen and oxygen atoms in total. The Morgan fingerprint density at radius 1 is 1.06 bits per heavy atom. The smallest absolute Gasteiger partial charge is 0.253 e. The molecule has 1 saturated heterocycles. The number of benzene rings is 2. The van der Waals surface area contributed by atoms with Gasteiger partial charge in [-0.15, -0.1) is 0 Å². The molecule has 0 saturated carbocycles. The van der Waals surface area contributed by atoms with Gasteiger partial charge in [-0.1, -0.05) is 32.9 Å². The Morgan fingerprint density at radius 2 is 1.74 bits per heavy atom. The summed E-state index contributed by atoms with van der Waals surface area (Å²) in [5, 5.41) is 6.00. The Balaban J connectivity index is 1.50. The number of nitrogens with one attached hydrogen (secondary N) is 2. The van der Waals surface area contributed by atoms with Crippen LogP contribution < -0.4 is 15.4 Å². The van der Waals surface area contributed by atoms with Gasteiger partial charge in [0.05, 0.1) is 18.8 Å². The molecule has 1 aliphatic heterocycles. The third kappa shape index (κ3) is 6.74. The number of anilines is 2. The highest BCUT2D eigenvalue weighted by Gasteiger charge is 2.21. The van der Waals surface area contributed by atoms with E-state index >= 15 is 0 Å². The predicted octanol–water partition coefficient (Wildman–Crippen LogP) is 4.64. The van der Waals surface area contributed by atoms with E-state index in [2.05, 4.69) is 31.4 Å². The van der Waals surface area contributed by atoms with E-state index in [1.54, 1.807) is 24.3 Å². The third-order valence-electron chi connectivity index (χ3n) is 5.39. The van der Waals surface area contributed by atoms with Gasteiger partial charge in [0.15, 0.2) is 0 Å². The summed E-state index contributed by atoms with van der Waals surface area (Å²) in [6, 6.07) is 14.7. The summed E-state index contributed by atoms with van der Waals surface area (Å²) in [6.07, 6.45) is 2.11. The maximum atomic E-state index is 12.6. The molecule has 0 unspecified atom stereocenters. The zero-order valence-corrected chi connectivity index (χ0v) is 18.7. The fourth-order valence-corrected chi connectivity index (χ4v) is 3.47. The molecule has 6 heteroatoms. The molecular formula is C25H33N3O3. The van der Waals surface area contributed by atoms with Crippen molar-refractivity contribution in [1.82, 2.24) is 4.90 Å². The fourth-order valence-electron chi connectivity index (χ4n) is 3.47. The quantitative estimate of drug-likeness (QED) is 0.649. The van der Waals surface area contributed by atoms with Gasteiger partial charge in [-0.25, -0.2) is 0 Å². The first-order chi connectivity index (χ1) is 14.9. The van der Waals surface area contributed by atoms with Gasteiger partial charge in [-0.05, 0) is 61.1 Å². The number of nitrogens with zero attached hydrogens (tertiary/aromatic N) is 1. The Hall–Kier alpha value is -3.02. The van der Waals surface area contributed by atoms with E-state index in [0.717, 1.165) is 37.4 Å². The van der Waals surface area contributed by atoms with Gasteiger partial charge in [0, 0.05) is 24.3 Å². The van der Waals surface area contributed by atoms with Gasteiger partial charge in [-0.2, -0.15) is 0 Å². The normalized spacial score (nSPS) is 14.4. The first-order valence-corrected chi connectivity index (χ1v) is 11.1. The number of hydrogen-bond donors (Lipinski definition) is 2. The van der Waals surface area contributed by atoms with Gasteiger partial charge in [0.1, 0.15) is 5.75 Å². The molecule has 0 atom stereocenters. The Bertz CT molecular complexity index is 872. The van der Waals surface area contributed by atoms with Crippen molar-refractivity contribution < 1.29 is 14.3 Å². The molecule has 2 amide bonds. The highest BCUT2D eigenvalue weighted by Crippen LogP contribution is 2.24. The molecule has 0 bridgehead atoms. The number of likely N-dealkylation sites (tertiary alicyclic amines) is 1. The van der Waals surface area contributed by atoms with Crippen LogP contribution in [-0.4, -0.2) is 43.0 Å². The fraction of sp³-hybridized carbons (Fsp3) is 0.440. The van der Waals surface area contributed by atoms with Crippen molar-refractivity contribution in [2.24, 2.45) is 11.8 Å². The number of para-hydroxylation sites is 2. The third-order valence-corrected chi connectivity index (χ3v) is 5.39.